The van der Waals surface area contributed by atoms with Crippen molar-refractivity contribution in [3.05, 3.63) is 38.2 Å². The Morgan fingerprint density at radius 2 is 0.407 bits per heavy atom. The Hall–Kier alpha value is -1.84. The number of ether oxygens (including phenoxy) is 2. The fourth-order valence-corrected chi connectivity index (χ4v) is 9.70. The number of rotatable bonds is 60. The molecule has 81 heavy (non-hydrogen) atoms. The van der Waals surface area contributed by atoms with Crippen LogP contribution >= 0.6 is 0 Å². The minimum atomic E-state index is -1.38. The Bertz CT molecular complexity index is 1150. The Kier molecular flexibility index (Phi) is 91.8. The van der Waals surface area contributed by atoms with Gasteiger partial charge in [0.1, 0.15) is 0 Å². The molecule has 0 rings (SSSR count). The normalized spacial score (nSPS) is 10.8. The molecule has 0 fully saturated rings. The summed E-state index contributed by atoms with van der Waals surface area (Å²) in [5.74, 6) is -3.99. The summed E-state index contributed by atoms with van der Waals surface area (Å²) in [6.45, 7) is 17.3. The van der Waals surface area contributed by atoms with Gasteiger partial charge in [-0.05, 0) is 25.0 Å². The molecule has 0 aromatic carbocycles. The van der Waals surface area contributed by atoms with Gasteiger partial charge in [0.25, 0.3) is 0 Å². The van der Waals surface area contributed by atoms with Gasteiger partial charge < -0.3 is 29.3 Å². The summed E-state index contributed by atoms with van der Waals surface area (Å²) in [5, 5.41) is 20.4. The van der Waals surface area contributed by atoms with Gasteiger partial charge in [-0.1, -0.05) is 388 Å². The minimum absolute atomic E-state index is 0. The maximum Gasteiger partial charge on any atom is 2.00 e. The largest absolute Gasteiger partial charge is 2.00 e. The van der Waals surface area contributed by atoms with Crippen LogP contribution in [0.5, 0.6) is 0 Å². The molecule has 0 aliphatic heterocycles. The van der Waals surface area contributed by atoms with Crippen LogP contribution in [0.2, 0.25) is 0 Å². The second-order valence-electron chi connectivity index (χ2n) is 23.0. The van der Waals surface area contributed by atoms with Gasteiger partial charge in [-0.15, -0.1) is 0 Å². The monoisotopic (exact) mass is 1250 g/mol. The molecule has 0 aromatic rings. The molecule has 0 spiro atoms. The first-order valence-corrected chi connectivity index (χ1v) is 34.9. The van der Waals surface area contributed by atoms with Gasteiger partial charge >= 0.3 is 35.8 Å². The van der Waals surface area contributed by atoms with Gasteiger partial charge in [0.05, 0.1) is 25.2 Å². The second-order valence-corrected chi connectivity index (χ2v) is 23.0. The number of esters is 2. The van der Waals surface area contributed by atoms with Crippen molar-refractivity contribution in [2.45, 2.75) is 387 Å². The van der Waals surface area contributed by atoms with Crippen molar-refractivity contribution in [1.82, 2.24) is 0 Å². The van der Waals surface area contributed by atoms with Gasteiger partial charge in [-0.25, -0.2) is 9.59 Å². The first-order chi connectivity index (χ1) is 39.2. The van der Waals surface area contributed by atoms with Crippen molar-refractivity contribution in [2.24, 2.45) is 0 Å². The standard InChI is InChI=1S/2C28H52O4.2C8H17.Sn/c2*1-2-3-4-5-6-7-8-9-10-11-12-13-14-15-16-17-18-19-20-21-22-23-26-32-28(31)25-24-27(29)30;2*1-3-5-7-8-6-4-2;/h2*24-25H,2-23,26H2,1H3,(H,29,30);2*1,3-8H2,2H3;/q;;;;+2/p-2/b2*25-24-;;;. The average molecular weight is 1250 g/mol. The van der Waals surface area contributed by atoms with Crippen LogP contribution in [0.3, 0.4) is 0 Å². The van der Waals surface area contributed by atoms with Gasteiger partial charge in [-0.3, -0.25) is 0 Å². The van der Waals surface area contributed by atoms with Crippen LogP contribution < -0.4 is 10.2 Å². The van der Waals surface area contributed by atoms with Gasteiger partial charge in [0.2, 0.25) is 0 Å². The van der Waals surface area contributed by atoms with Crippen molar-refractivity contribution in [3.8, 4) is 0 Å². The number of carbonyl (C=O) groups excluding carboxylic acids is 4. The zero-order valence-electron chi connectivity index (χ0n) is 54.5. The van der Waals surface area contributed by atoms with E-state index in [1.807, 2.05) is 0 Å². The van der Waals surface area contributed by atoms with E-state index in [4.69, 9.17) is 9.47 Å². The van der Waals surface area contributed by atoms with Crippen LogP contribution in [0, 0.1) is 13.8 Å². The number of carboxylic acids is 2. The predicted octanol–water partition coefficient (Wildman–Crippen LogP) is 20.9. The van der Waals surface area contributed by atoms with Crippen LogP contribution in [0.4, 0.5) is 0 Å². The van der Waals surface area contributed by atoms with Crippen molar-refractivity contribution < 1.29 is 38.9 Å². The SMILES string of the molecule is CCCCCCCCCCCCCCCCCCCCCCCCOC(=O)/C=C\C(=O)[O-].CCCCCCCCCCCCCCCCCCCCCCCCOC(=O)/C=C\C(=O)[O-].[CH2]CCCCCCC.[CH2]CCCCCCC.[Sn+2]. The zero-order chi connectivity index (χ0) is 59.6. The van der Waals surface area contributed by atoms with E-state index in [0.29, 0.717) is 25.4 Å². The fraction of sp³-hybridized carbons (Fsp3) is 0.861. The molecule has 0 aromatic heterocycles. The van der Waals surface area contributed by atoms with Gasteiger partial charge in [0, 0.05) is 12.2 Å². The average Bonchev–Trinajstić information content (AvgIpc) is 3.45. The molecule has 0 atom stereocenters. The van der Waals surface area contributed by atoms with Crippen LogP contribution in [-0.2, 0) is 28.7 Å². The van der Waals surface area contributed by atoms with Gasteiger partial charge in [-0.2, -0.15) is 0 Å². The van der Waals surface area contributed by atoms with Crippen molar-refractivity contribution in [3.63, 3.8) is 0 Å². The minimum Gasteiger partial charge on any atom is -0.545 e. The molecule has 0 saturated heterocycles. The number of unbranched alkanes of at least 4 members (excludes halogenated alkanes) is 52. The van der Waals surface area contributed by atoms with Gasteiger partial charge in [0.15, 0.2) is 0 Å². The summed E-state index contributed by atoms with van der Waals surface area (Å²) in [5.41, 5.74) is 0. The quantitative estimate of drug-likeness (QED) is 0.0254. The molecule has 0 amide bonds. The van der Waals surface area contributed by atoms with E-state index in [0.717, 1.165) is 50.7 Å². The van der Waals surface area contributed by atoms with Crippen molar-refractivity contribution in [2.75, 3.05) is 13.2 Å². The molecule has 0 aliphatic rings. The van der Waals surface area contributed by atoms with Crippen molar-refractivity contribution in [1.29, 1.82) is 0 Å². The summed E-state index contributed by atoms with van der Waals surface area (Å²) in [4.78, 5) is 42.7. The number of hydrogen-bond acceptors (Lipinski definition) is 8. The predicted molar refractivity (Wildman–Crippen MR) is 348 cm³/mol. The maximum atomic E-state index is 11.2. The van der Waals surface area contributed by atoms with E-state index in [1.54, 1.807) is 0 Å². The van der Waals surface area contributed by atoms with E-state index < -0.39 is 23.9 Å². The van der Waals surface area contributed by atoms with Crippen LogP contribution in [0.1, 0.15) is 387 Å². The van der Waals surface area contributed by atoms with Crippen LogP contribution in [0.25, 0.3) is 0 Å². The molecule has 8 nitrogen and oxygen atoms in total. The van der Waals surface area contributed by atoms with E-state index >= 15 is 0 Å². The Labute approximate surface area is 522 Å². The maximum absolute atomic E-state index is 11.2. The molecule has 9 heteroatoms. The Morgan fingerprint density at radius 1 is 0.259 bits per heavy atom. The smallest absolute Gasteiger partial charge is 0.545 e. The molecule has 0 N–H and O–H groups in total. The zero-order valence-corrected chi connectivity index (χ0v) is 57.4. The van der Waals surface area contributed by atoms with Crippen LogP contribution in [0.15, 0.2) is 24.3 Å². The number of carbonyl (C=O) groups is 4. The van der Waals surface area contributed by atoms with E-state index in [1.165, 1.54) is 321 Å². The third-order valence-electron chi connectivity index (χ3n) is 14.9. The van der Waals surface area contributed by atoms with Crippen LogP contribution in [-0.4, -0.2) is 61.0 Å². The molecular weight excluding hydrogens is 1110 g/mol. The molecule has 0 aliphatic carbocycles. The van der Waals surface area contributed by atoms with E-state index in [2.05, 4.69) is 41.5 Å². The molecule has 476 valence electrons. The molecule has 0 heterocycles. The number of hydrogen-bond donors (Lipinski definition) is 0. The number of aliphatic carboxylic acids is 2. The second kappa shape index (κ2) is 84.6. The summed E-state index contributed by atoms with van der Waals surface area (Å²) in [6, 6.07) is 0. The topological polar surface area (TPSA) is 133 Å². The molecular formula is C72H136O8Sn. The first kappa shape index (κ1) is 87.9. The summed E-state index contributed by atoms with van der Waals surface area (Å²) in [7, 11) is 0. The van der Waals surface area contributed by atoms with E-state index in [-0.39, 0.29) is 23.9 Å². The Morgan fingerprint density at radius 3 is 0.556 bits per heavy atom. The number of carboxylic acid groups (broad SMARTS) is 2. The molecule has 0 bridgehead atoms. The van der Waals surface area contributed by atoms with Crippen molar-refractivity contribution >= 4 is 47.8 Å². The molecule has 4 radical (unpaired) electrons. The summed E-state index contributed by atoms with van der Waals surface area (Å²) < 4.78 is 9.84. The Balaban J connectivity index is -0.000000369. The summed E-state index contributed by atoms with van der Waals surface area (Å²) in [6.07, 6.45) is 78.5. The summed E-state index contributed by atoms with van der Waals surface area (Å²) >= 11 is 0. The fourth-order valence-electron chi connectivity index (χ4n) is 9.70. The third kappa shape index (κ3) is 97.6. The van der Waals surface area contributed by atoms with E-state index in [9.17, 15) is 29.4 Å². The first-order valence-electron chi connectivity index (χ1n) is 34.9. The third-order valence-corrected chi connectivity index (χ3v) is 14.9. The molecule has 0 unspecified atom stereocenters. The molecule has 0 saturated carbocycles.